The highest BCUT2D eigenvalue weighted by Crippen LogP contribution is 2.21. The van der Waals surface area contributed by atoms with Gasteiger partial charge in [0.15, 0.2) is 10.9 Å². The quantitative estimate of drug-likeness (QED) is 0.505. The lowest BCUT2D eigenvalue weighted by Crippen LogP contribution is -2.28. The molecule has 0 atom stereocenters. The zero-order chi connectivity index (χ0) is 19.2. The molecule has 0 aliphatic carbocycles. The van der Waals surface area contributed by atoms with Gasteiger partial charge in [-0.25, -0.2) is 9.78 Å². The van der Waals surface area contributed by atoms with Crippen molar-refractivity contribution >= 4 is 51.3 Å². The Morgan fingerprint density at radius 3 is 2.37 bits per heavy atom. The molecule has 0 unspecified atom stereocenters. The maximum atomic E-state index is 11.9. The third-order valence-corrected chi connectivity index (χ3v) is 4.69. The lowest BCUT2D eigenvalue weighted by Gasteiger charge is -2.06. The molecule has 0 radical (unpaired) electrons. The van der Waals surface area contributed by atoms with E-state index in [0.717, 1.165) is 11.4 Å². The summed E-state index contributed by atoms with van der Waals surface area (Å²) in [7, 11) is 0. The number of thiazole rings is 1. The second kappa shape index (κ2) is 8.66. The zero-order valence-corrected chi connectivity index (χ0v) is 16.0. The van der Waals surface area contributed by atoms with Crippen molar-refractivity contribution in [3.63, 3.8) is 0 Å². The van der Waals surface area contributed by atoms with E-state index in [0.29, 0.717) is 27.9 Å². The minimum absolute atomic E-state index is 0.0287. The van der Waals surface area contributed by atoms with E-state index in [9.17, 15) is 9.59 Å². The van der Waals surface area contributed by atoms with E-state index in [1.807, 2.05) is 17.5 Å². The number of carbonyl (C=O) groups is 2. The molecule has 6 nitrogen and oxygen atoms in total. The highest BCUT2D eigenvalue weighted by Gasteiger charge is 2.06. The summed E-state index contributed by atoms with van der Waals surface area (Å²) in [4.78, 5) is 27.7. The summed E-state index contributed by atoms with van der Waals surface area (Å²) < 4.78 is 0. The largest absolute Gasteiger partial charge is 0.332 e. The minimum Gasteiger partial charge on any atom is -0.332 e. The number of nitrogens with one attached hydrogen (secondary N) is 3. The molecule has 0 bridgehead atoms. The first-order chi connectivity index (χ1) is 13.0. The fraction of sp³-hybridized carbons (Fsp3) is 0.105. The Bertz CT molecular complexity index is 939. The molecule has 1 aromatic heterocycles. The van der Waals surface area contributed by atoms with Crippen molar-refractivity contribution < 1.29 is 9.59 Å². The lowest BCUT2D eigenvalue weighted by molar-refractivity contribution is 0.101. The first kappa shape index (κ1) is 18.9. The topological polar surface area (TPSA) is 83.1 Å². The number of ketones is 1. The van der Waals surface area contributed by atoms with E-state index in [1.54, 1.807) is 36.4 Å². The number of hydrogen-bond donors (Lipinski definition) is 3. The van der Waals surface area contributed by atoms with Gasteiger partial charge in [-0.15, -0.1) is 11.3 Å². The number of halogens is 1. The number of nitrogens with zero attached hydrogens (tertiary/aromatic N) is 1. The van der Waals surface area contributed by atoms with Crippen molar-refractivity contribution in [3.8, 4) is 0 Å². The van der Waals surface area contributed by atoms with Crippen LogP contribution in [0.3, 0.4) is 0 Å². The Labute approximate surface area is 165 Å². The van der Waals surface area contributed by atoms with Crippen molar-refractivity contribution in [1.29, 1.82) is 0 Å². The van der Waals surface area contributed by atoms with Crippen LogP contribution in [0.2, 0.25) is 5.02 Å². The van der Waals surface area contributed by atoms with Gasteiger partial charge in [-0.05, 0) is 55.5 Å². The summed E-state index contributed by atoms with van der Waals surface area (Å²) in [6.45, 7) is 1.84. The molecule has 2 amide bonds. The van der Waals surface area contributed by atoms with E-state index >= 15 is 0 Å². The Morgan fingerprint density at radius 1 is 1.04 bits per heavy atom. The molecule has 0 aliphatic rings. The third kappa shape index (κ3) is 5.54. The summed E-state index contributed by atoms with van der Waals surface area (Å²) in [5, 5.41) is 11.8. The van der Waals surface area contributed by atoms with Gasteiger partial charge >= 0.3 is 6.03 Å². The van der Waals surface area contributed by atoms with Gasteiger partial charge in [0.2, 0.25) is 0 Å². The lowest BCUT2D eigenvalue weighted by atomic mass is 10.1. The molecule has 3 N–H and O–H groups in total. The van der Waals surface area contributed by atoms with E-state index in [2.05, 4.69) is 20.9 Å². The fourth-order valence-corrected chi connectivity index (χ4v) is 3.09. The summed E-state index contributed by atoms with van der Waals surface area (Å²) in [6.07, 6.45) is 0. The molecule has 3 rings (SSSR count). The van der Waals surface area contributed by atoms with Crippen LogP contribution in [0, 0.1) is 0 Å². The van der Waals surface area contributed by atoms with Crippen LogP contribution in [0.5, 0.6) is 0 Å². The van der Waals surface area contributed by atoms with Crippen LogP contribution in [0.15, 0.2) is 53.9 Å². The van der Waals surface area contributed by atoms with E-state index in [4.69, 9.17) is 11.6 Å². The van der Waals surface area contributed by atoms with Crippen LogP contribution >= 0.6 is 22.9 Å². The normalized spacial score (nSPS) is 10.3. The first-order valence-electron chi connectivity index (χ1n) is 8.12. The van der Waals surface area contributed by atoms with Crippen LogP contribution in [0.4, 0.5) is 21.3 Å². The van der Waals surface area contributed by atoms with Crippen LogP contribution in [0.25, 0.3) is 0 Å². The van der Waals surface area contributed by atoms with E-state index in [1.165, 1.54) is 18.3 Å². The average Bonchev–Trinajstić information content (AvgIpc) is 3.10. The molecule has 3 aromatic rings. The number of rotatable bonds is 6. The zero-order valence-electron chi connectivity index (χ0n) is 14.5. The Kier molecular flexibility index (Phi) is 6.05. The van der Waals surface area contributed by atoms with Crippen LogP contribution in [-0.2, 0) is 6.54 Å². The molecular weight excluding hydrogens is 384 g/mol. The number of amides is 2. The number of urea groups is 1. The molecule has 2 aromatic carbocycles. The molecular formula is C19H17ClN4O2S. The maximum Gasteiger partial charge on any atom is 0.319 e. The SMILES string of the molecule is CC(=O)c1ccc(Nc2nc(CNC(=O)Nc3ccc(Cl)cc3)cs2)cc1. The molecule has 8 heteroatoms. The van der Waals surface area contributed by atoms with Gasteiger partial charge in [-0.3, -0.25) is 4.79 Å². The Balaban J connectivity index is 1.50. The number of aromatic nitrogens is 1. The molecule has 138 valence electrons. The van der Waals surface area contributed by atoms with E-state index < -0.39 is 0 Å². The summed E-state index contributed by atoms with van der Waals surface area (Å²) in [5.41, 5.74) is 2.91. The van der Waals surface area contributed by atoms with Gasteiger partial charge in [0.25, 0.3) is 0 Å². The molecule has 27 heavy (non-hydrogen) atoms. The monoisotopic (exact) mass is 400 g/mol. The van der Waals surface area contributed by atoms with Gasteiger partial charge in [0, 0.05) is 27.3 Å². The molecule has 0 saturated carbocycles. The number of carbonyl (C=O) groups excluding carboxylic acids is 2. The average molecular weight is 401 g/mol. The maximum absolute atomic E-state index is 11.9. The number of Topliss-reactive ketones (excluding diaryl/α,β-unsaturated/α-hetero) is 1. The van der Waals surface area contributed by atoms with Crippen molar-refractivity contribution in [1.82, 2.24) is 10.3 Å². The van der Waals surface area contributed by atoms with Gasteiger partial charge in [0.1, 0.15) is 0 Å². The highest BCUT2D eigenvalue weighted by molar-refractivity contribution is 7.13. The smallest absolute Gasteiger partial charge is 0.319 e. The van der Waals surface area contributed by atoms with Crippen molar-refractivity contribution in [2.75, 3.05) is 10.6 Å². The van der Waals surface area contributed by atoms with Gasteiger partial charge < -0.3 is 16.0 Å². The Morgan fingerprint density at radius 2 is 1.70 bits per heavy atom. The molecule has 0 saturated heterocycles. The van der Waals surface area contributed by atoms with Gasteiger partial charge in [0.05, 0.1) is 12.2 Å². The summed E-state index contributed by atoms with van der Waals surface area (Å²) in [5.74, 6) is 0.0287. The Hall–Kier alpha value is -2.90. The second-order valence-electron chi connectivity index (χ2n) is 5.72. The molecule has 0 fully saturated rings. The fourth-order valence-electron chi connectivity index (χ4n) is 2.24. The van der Waals surface area contributed by atoms with Gasteiger partial charge in [-0.2, -0.15) is 0 Å². The number of anilines is 3. The van der Waals surface area contributed by atoms with Crippen LogP contribution < -0.4 is 16.0 Å². The number of benzene rings is 2. The predicted octanol–water partition coefficient (Wildman–Crippen LogP) is 5.06. The highest BCUT2D eigenvalue weighted by atomic mass is 35.5. The molecule has 1 heterocycles. The standard InChI is InChI=1S/C19H17ClN4O2S/c1-12(25)13-2-6-16(7-3-13)23-19-24-17(11-27-19)10-21-18(26)22-15-8-4-14(20)5-9-15/h2-9,11H,10H2,1H3,(H,23,24)(H2,21,22,26). The van der Waals surface area contributed by atoms with Crippen molar-refractivity contribution in [2.45, 2.75) is 13.5 Å². The van der Waals surface area contributed by atoms with Crippen LogP contribution in [0.1, 0.15) is 23.0 Å². The first-order valence-corrected chi connectivity index (χ1v) is 9.38. The van der Waals surface area contributed by atoms with Gasteiger partial charge in [-0.1, -0.05) is 11.6 Å². The van der Waals surface area contributed by atoms with Crippen LogP contribution in [-0.4, -0.2) is 16.8 Å². The molecule has 0 spiro atoms. The van der Waals surface area contributed by atoms with Crippen molar-refractivity contribution in [2.24, 2.45) is 0 Å². The second-order valence-corrected chi connectivity index (χ2v) is 7.01. The van der Waals surface area contributed by atoms with E-state index in [-0.39, 0.29) is 11.8 Å². The predicted molar refractivity (Wildman–Crippen MR) is 109 cm³/mol. The minimum atomic E-state index is -0.320. The summed E-state index contributed by atoms with van der Waals surface area (Å²) >= 11 is 7.25. The third-order valence-electron chi connectivity index (χ3n) is 3.63. The number of hydrogen-bond acceptors (Lipinski definition) is 5. The van der Waals surface area contributed by atoms with Crippen molar-refractivity contribution in [3.05, 3.63) is 70.2 Å². The molecule has 0 aliphatic heterocycles. The summed E-state index contributed by atoms with van der Waals surface area (Å²) in [6, 6.07) is 13.7.